The van der Waals surface area contributed by atoms with Crippen molar-refractivity contribution >= 4 is 0 Å². The molecular weight excluding hydrogens is 210 g/mol. The van der Waals surface area contributed by atoms with E-state index in [-0.39, 0.29) is 0 Å². The quantitative estimate of drug-likeness (QED) is 0.747. The topological polar surface area (TPSA) is 43.8 Å². The van der Waals surface area contributed by atoms with Crippen molar-refractivity contribution in [1.29, 1.82) is 0 Å². The van der Waals surface area contributed by atoms with Gasteiger partial charge in [-0.05, 0) is 31.1 Å². The maximum atomic E-state index is 6.15. The van der Waals surface area contributed by atoms with Crippen molar-refractivity contribution in [3.63, 3.8) is 0 Å². The Bertz CT molecular complexity index is 445. The van der Waals surface area contributed by atoms with Crippen LogP contribution in [0.1, 0.15) is 56.7 Å². The minimum Gasteiger partial charge on any atom is -0.330 e. The van der Waals surface area contributed by atoms with E-state index in [0.717, 1.165) is 25.8 Å². The van der Waals surface area contributed by atoms with Crippen LogP contribution in [0.5, 0.6) is 0 Å². The number of aromatic nitrogens is 2. The van der Waals surface area contributed by atoms with E-state index in [1.165, 1.54) is 23.6 Å². The Labute approximate surface area is 103 Å². The monoisotopic (exact) mass is 233 g/mol. The van der Waals surface area contributed by atoms with Gasteiger partial charge in [-0.1, -0.05) is 20.8 Å². The summed E-state index contributed by atoms with van der Waals surface area (Å²) >= 11 is 0. The molecule has 1 aromatic rings. The highest BCUT2D eigenvalue weighted by Crippen LogP contribution is 2.38. The Hall–Kier alpha value is -0.830. The third kappa shape index (κ3) is 1.81. The smallest absolute Gasteiger partial charge is 0.112 e. The fourth-order valence-corrected chi connectivity index (χ4v) is 3.40. The number of aryl methyl sites for hydroxylation is 1. The molecule has 2 N–H and O–H groups in total. The minimum atomic E-state index is 0.306. The van der Waals surface area contributed by atoms with Gasteiger partial charge in [0.2, 0.25) is 0 Å². The van der Waals surface area contributed by atoms with Crippen molar-refractivity contribution in [3.8, 4) is 0 Å². The molecular formula is C14H23N3. The molecule has 2 aliphatic rings. The Morgan fingerprint density at radius 1 is 1.41 bits per heavy atom. The Morgan fingerprint density at radius 3 is 2.94 bits per heavy atom. The summed E-state index contributed by atoms with van der Waals surface area (Å²) in [5.41, 5.74) is 9.39. The van der Waals surface area contributed by atoms with Crippen molar-refractivity contribution in [2.45, 2.75) is 65.0 Å². The van der Waals surface area contributed by atoms with E-state index in [2.05, 4.69) is 25.3 Å². The fourth-order valence-electron chi connectivity index (χ4n) is 3.40. The van der Waals surface area contributed by atoms with E-state index >= 15 is 0 Å². The molecule has 1 aliphatic heterocycles. The molecule has 0 amide bonds. The van der Waals surface area contributed by atoms with E-state index in [9.17, 15) is 0 Å². The van der Waals surface area contributed by atoms with Gasteiger partial charge in [0.05, 0.1) is 5.69 Å². The highest BCUT2D eigenvalue weighted by atomic mass is 15.1. The van der Waals surface area contributed by atoms with Crippen LogP contribution in [0.15, 0.2) is 0 Å². The van der Waals surface area contributed by atoms with Crippen molar-refractivity contribution in [3.05, 3.63) is 17.2 Å². The van der Waals surface area contributed by atoms with Gasteiger partial charge in [-0.15, -0.1) is 0 Å². The van der Waals surface area contributed by atoms with Gasteiger partial charge < -0.3 is 10.3 Å². The first-order chi connectivity index (χ1) is 7.96. The molecule has 3 rings (SSSR count). The summed E-state index contributed by atoms with van der Waals surface area (Å²) in [5.74, 6) is 1.81. The Morgan fingerprint density at radius 2 is 2.18 bits per heavy atom. The summed E-state index contributed by atoms with van der Waals surface area (Å²) in [4.78, 5) is 4.88. The second-order valence-electron chi connectivity index (χ2n) is 6.71. The molecule has 2 atom stereocenters. The summed E-state index contributed by atoms with van der Waals surface area (Å²) in [5, 5.41) is 0. The van der Waals surface area contributed by atoms with Gasteiger partial charge in [0.25, 0.3) is 0 Å². The van der Waals surface area contributed by atoms with Crippen LogP contribution in [0.2, 0.25) is 0 Å². The van der Waals surface area contributed by atoms with E-state index < -0.39 is 0 Å². The second kappa shape index (κ2) is 3.58. The average Bonchev–Trinajstić information content (AvgIpc) is 2.55. The molecule has 1 aromatic heterocycles. The zero-order chi connectivity index (χ0) is 12.2. The van der Waals surface area contributed by atoms with E-state index in [0.29, 0.717) is 17.4 Å². The Balaban J connectivity index is 2.06. The molecule has 0 radical (unpaired) electrons. The van der Waals surface area contributed by atoms with Crippen LogP contribution in [0, 0.1) is 5.41 Å². The highest BCUT2D eigenvalue weighted by Gasteiger charge is 2.33. The molecule has 0 spiro atoms. The second-order valence-corrected chi connectivity index (χ2v) is 6.71. The number of fused-ring (bicyclic) bond motifs is 3. The van der Waals surface area contributed by atoms with Crippen LogP contribution in [0.3, 0.4) is 0 Å². The predicted octanol–water partition coefficient (Wildman–Crippen LogP) is 2.23. The maximum absolute atomic E-state index is 6.15. The summed E-state index contributed by atoms with van der Waals surface area (Å²) in [6, 6.07) is 0.306. The third-order valence-corrected chi connectivity index (χ3v) is 4.38. The minimum absolute atomic E-state index is 0.306. The Kier molecular flexibility index (Phi) is 2.37. The number of rotatable bonds is 0. The van der Waals surface area contributed by atoms with Crippen LogP contribution in [-0.4, -0.2) is 15.6 Å². The molecule has 17 heavy (non-hydrogen) atoms. The molecule has 0 saturated carbocycles. The lowest BCUT2D eigenvalue weighted by Gasteiger charge is -2.32. The summed E-state index contributed by atoms with van der Waals surface area (Å²) in [7, 11) is 0. The van der Waals surface area contributed by atoms with E-state index in [1.54, 1.807) is 0 Å². The standard InChI is InChI=1S/C14H23N3/c1-9-6-10(15)8-17-12-7-14(2,3)5-4-11(12)16-13(9)17/h9-10H,4-8,15H2,1-3H3. The van der Waals surface area contributed by atoms with Gasteiger partial charge in [-0.3, -0.25) is 0 Å². The van der Waals surface area contributed by atoms with Crippen molar-refractivity contribution < 1.29 is 0 Å². The fraction of sp³-hybridized carbons (Fsp3) is 0.786. The molecule has 2 heterocycles. The molecule has 0 bridgehead atoms. The number of hydrogen-bond acceptors (Lipinski definition) is 2. The molecule has 0 aromatic carbocycles. The molecule has 2 unspecified atom stereocenters. The molecule has 3 nitrogen and oxygen atoms in total. The van der Waals surface area contributed by atoms with Crippen molar-refractivity contribution in [2.75, 3.05) is 0 Å². The van der Waals surface area contributed by atoms with Gasteiger partial charge >= 0.3 is 0 Å². The molecule has 0 fully saturated rings. The first-order valence-electron chi connectivity index (χ1n) is 6.80. The molecule has 1 aliphatic carbocycles. The van der Waals surface area contributed by atoms with Gasteiger partial charge in [-0.2, -0.15) is 0 Å². The summed E-state index contributed by atoms with van der Waals surface area (Å²) in [6.45, 7) is 7.96. The van der Waals surface area contributed by atoms with Gasteiger partial charge in [-0.25, -0.2) is 4.98 Å². The number of hydrogen-bond donors (Lipinski definition) is 1. The molecule has 3 heteroatoms. The third-order valence-electron chi connectivity index (χ3n) is 4.38. The van der Waals surface area contributed by atoms with Crippen molar-refractivity contribution in [1.82, 2.24) is 9.55 Å². The number of nitrogens with zero attached hydrogens (tertiary/aromatic N) is 2. The van der Waals surface area contributed by atoms with Crippen LogP contribution < -0.4 is 5.73 Å². The zero-order valence-corrected chi connectivity index (χ0v) is 11.2. The first kappa shape index (κ1) is 11.3. The maximum Gasteiger partial charge on any atom is 0.112 e. The van der Waals surface area contributed by atoms with Crippen LogP contribution in [0.25, 0.3) is 0 Å². The van der Waals surface area contributed by atoms with E-state index in [4.69, 9.17) is 10.7 Å². The van der Waals surface area contributed by atoms with Crippen molar-refractivity contribution in [2.24, 2.45) is 11.1 Å². The normalized spacial score (nSPS) is 30.8. The van der Waals surface area contributed by atoms with Gasteiger partial charge in [0.15, 0.2) is 0 Å². The number of nitrogens with two attached hydrogens (primary N) is 1. The number of imidazole rings is 1. The molecule has 0 saturated heterocycles. The largest absolute Gasteiger partial charge is 0.330 e. The van der Waals surface area contributed by atoms with Gasteiger partial charge in [0, 0.05) is 24.2 Å². The van der Waals surface area contributed by atoms with Crippen LogP contribution >= 0.6 is 0 Å². The predicted molar refractivity (Wildman–Crippen MR) is 69.0 cm³/mol. The van der Waals surface area contributed by atoms with Crippen LogP contribution in [0.4, 0.5) is 0 Å². The summed E-state index contributed by atoms with van der Waals surface area (Å²) < 4.78 is 2.43. The van der Waals surface area contributed by atoms with E-state index in [1.807, 2.05) is 0 Å². The first-order valence-corrected chi connectivity index (χ1v) is 6.80. The summed E-state index contributed by atoms with van der Waals surface area (Å²) in [6.07, 6.45) is 4.65. The molecule has 94 valence electrons. The average molecular weight is 233 g/mol. The van der Waals surface area contributed by atoms with Gasteiger partial charge in [0.1, 0.15) is 5.82 Å². The SMILES string of the molecule is CC1CC(N)Cn2c1nc1c2CC(C)(C)CC1. The lowest BCUT2D eigenvalue weighted by molar-refractivity contribution is 0.298. The lowest BCUT2D eigenvalue weighted by atomic mass is 9.78. The highest BCUT2D eigenvalue weighted by molar-refractivity contribution is 5.25. The zero-order valence-electron chi connectivity index (χ0n) is 11.2. The van der Waals surface area contributed by atoms with Crippen LogP contribution in [-0.2, 0) is 19.4 Å². The lowest BCUT2D eigenvalue weighted by Crippen LogP contribution is -2.35.